The van der Waals surface area contributed by atoms with E-state index in [9.17, 15) is 9.59 Å². The van der Waals surface area contributed by atoms with Crippen molar-refractivity contribution >= 4 is 11.8 Å². The maximum atomic E-state index is 12.9. The molecule has 1 aromatic carbocycles. The minimum atomic E-state index is -0.0814. The molecule has 144 valence electrons. The van der Waals surface area contributed by atoms with Crippen molar-refractivity contribution in [1.29, 1.82) is 0 Å². The predicted molar refractivity (Wildman–Crippen MR) is 103 cm³/mol. The average Bonchev–Trinajstić information content (AvgIpc) is 3.22. The van der Waals surface area contributed by atoms with E-state index in [-0.39, 0.29) is 17.7 Å². The molecule has 0 unspecified atom stereocenters. The van der Waals surface area contributed by atoms with Crippen LogP contribution >= 0.6 is 0 Å². The van der Waals surface area contributed by atoms with Gasteiger partial charge >= 0.3 is 0 Å². The van der Waals surface area contributed by atoms with E-state index in [4.69, 9.17) is 4.42 Å². The number of carbonyl (C=O) groups excluding carboxylic acids is 2. The van der Waals surface area contributed by atoms with Gasteiger partial charge < -0.3 is 14.6 Å². The summed E-state index contributed by atoms with van der Waals surface area (Å²) in [6, 6.07) is 13.8. The summed E-state index contributed by atoms with van der Waals surface area (Å²) in [4.78, 5) is 28.6. The van der Waals surface area contributed by atoms with Crippen LogP contribution in [0.1, 0.15) is 30.6 Å². The Balaban J connectivity index is 1.58. The Morgan fingerprint density at radius 3 is 2.44 bits per heavy atom. The van der Waals surface area contributed by atoms with E-state index in [1.165, 1.54) is 0 Å². The Bertz CT molecular complexity index is 722. The smallest absolute Gasteiger partial charge is 0.234 e. The molecule has 0 aliphatic carbocycles. The minimum absolute atomic E-state index is 0.0410. The van der Waals surface area contributed by atoms with Crippen LogP contribution < -0.4 is 5.32 Å². The normalized spacial score (nSPS) is 16.1. The van der Waals surface area contributed by atoms with Crippen molar-refractivity contribution in [2.45, 2.75) is 19.3 Å². The van der Waals surface area contributed by atoms with Crippen molar-refractivity contribution in [1.82, 2.24) is 15.1 Å². The Labute approximate surface area is 160 Å². The second-order valence-electron chi connectivity index (χ2n) is 6.79. The number of nitrogens with zero attached hydrogens (tertiary/aromatic N) is 2. The van der Waals surface area contributed by atoms with Gasteiger partial charge in [0.25, 0.3) is 0 Å². The minimum Gasteiger partial charge on any atom is -0.469 e. The number of hydrogen-bond acceptors (Lipinski definition) is 4. The van der Waals surface area contributed by atoms with Gasteiger partial charge in [-0.3, -0.25) is 14.5 Å². The summed E-state index contributed by atoms with van der Waals surface area (Å²) in [5.41, 5.74) is 1.08. The summed E-state index contributed by atoms with van der Waals surface area (Å²) in [5, 5.41) is 2.82. The molecule has 1 saturated heterocycles. The fourth-order valence-corrected chi connectivity index (χ4v) is 3.47. The van der Waals surface area contributed by atoms with Gasteiger partial charge in [-0.25, -0.2) is 0 Å². The van der Waals surface area contributed by atoms with Crippen molar-refractivity contribution < 1.29 is 14.0 Å². The largest absolute Gasteiger partial charge is 0.469 e. The number of furan rings is 1. The van der Waals surface area contributed by atoms with Crippen LogP contribution in [0.5, 0.6) is 0 Å². The summed E-state index contributed by atoms with van der Waals surface area (Å²) in [7, 11) is 0. The molecule has 0 saturated carbocycles. The summed E-state index contributed by atoms with van der Waals surface area (Å²) < 4.78 is 5.60. The third kappa shape index (κ3) is 5.20. The molecule has 2 heterocycles. The standard InChI is InChI=1S/C21H27N3O3/c1-2-22-20(25)16-23-10-12-24(13-11-23)21(26)15-18(19-9-6-14-27-19)17-7-4-3-5-8-17/h3-9,14,18H,2,10-13,15-16H2,1H3,(H,22,25)/t18-/m1/s1. The maximum Gasteiger partial charge on any atom is 0.234 e. The molecule has 1 fully saturated rings. The average molecular weight is 369 g/mol. The Morgan fingerprint density at radius 2 is 1.81 bits per heavy atom. The molecule has 1 N–H and O–H groups in total. The van der Waals surface area contributed by atoms with Gasteiger partial charge in [0.2, 0.25) is 11.8 Å². The molecular formula is C21H27N3O3. The van der Waals surface area contributed by atoms with Gasteiger partial charge in [-0.05, 0) is 24.6 Å². The number of piperazine rings is 1. The van der Waals surface area contributed by atoms with Crippen LogP contribution in [0.4, 0.5) is 0 Å². The van der Waals surface area contributed by atoms with Crippen LogP contribution in [-0.2, 0) is 9.59 Å². The first-order valence-electron chi connectivity index (χ1n) is 9.52. The molecule has 3 rings (SSSR count). The van der Waals surface area contributed by atoms with Gasteiger partial charge in [-0.15, -0.1) is 0 Å². The Morgan fingerprint density at radius 1 is 1.07 bits per heavy atom. The fraction of sp³-hybridized carbons (Fsp3) is 0.429. The second-order valence-corrected chi connectivity index (χ2v) is 6.79. The SMILES string of the molecule is CCNC(=O)CN1CCN(C(=O)C[C@H](c2ccccc2)c2ccco2)CC1. The van der Waals surface area contributed by atoms with Gasteiger partial charge in [0.15, 0.2) is 0 Å². The first-order valence-corrected chi connectivity index (χ1v) is 9.52. The fourth-order valence-electron chi connectivity index (χ4n) is 3.47. The summed E-state index contributed by atoms with van der Waals surface area (Å²) in [6.45, 7) is 5.70. The van der Waals surface area contributed by atoms with E-state index in [0.717, 1.165) is 24.4 Å². The summed E-state index contributed by atoms with van der Waals surface area (Å²) in [5.74, 6) is 0.892. The lowest BCUT2D eigenvalue weighted by atomic mass is 9.92. The van der Waals surface area contributed by atoms with Crippen molar-refractivity contribution in [3.8, 4) is 0 Å². The molecular weight excluding hydrogens is 342 g/mol. The van der Waals surface area contributed by atoms with Crippen LogP contribution in [0.25, 0.3) is 0 Å². The summed E-state index contributed by atoms with van der Waals surface area (Å²) in [6.07, 6.45) is 2.03. The van der Waals surface area contributed by atoms with Crippen molar-refractivity contribution in [2.75, 3.05) is 39.3 Å². The summed E-state index contributed by atoms with van der Waals surface area (Å²) >= 11 is 0. The molecule has 2 amide bonds. The molecule has 1 aromatic heterocycles. The molecule has 0 radical (unpaired) electrons. The number of rotatable bonds is 7. The van der Waals surface area contributed by atoms with Gasteiger partial charge in [0.05, 0.1) is 18.7 Å². The lowest BCUT2D eigenvalue weighted by molar-refractivity contribution is -0.133. The molecule has 27 heavy (non-hydrogen) atoms. The third-order valence-electron chi connectivity index (χ3n) is 4.93. The molecule has 1 atom stereocenters. The zero-order valence-corrected chi connectivity index (χ0v) is 15.8. The molecule has 6 nitrogen and oxygen atoms in total. The Kier molecular flexibility index (Phi) is 6.65. The zero-order valence-electron chi connectivity index (χ0n) is 15.8. The van der Waals surface area contributed by atoms with E-state index in [2.05, 4.69) is 10.2 Å². The molecule has 2 aromatic rings. The van der Waals surface area contributed by atoms with Crippen LogP contribution in [0.15, 0.2) is 53.1 Å². The van der Waals surface area contributed by atoms with E-state index in [0.29, 0.717) is 32.6 Å². The van der Waals surface area contributed by atoms with E-state index >= 15 is 0 Å². The predicted octanol–water partition coefficient (Wildman–Crippen LogP) is 2.08. The molecule has 1 aliphatic rings. The molecule has 6 heteroatoms. The van der Waals surface area contributed by atoms with Crippen LogP contribution in [0.3, 0.4) is 0 Å². The van der Waals surface area contributed by atoms with Gasteiger partial charge in [-0.1, -0.05) is 30.3 Å². The van der Waals surface area contributed by atoms with Crippen molar-refractivity contribution in [3.05, 3.63) is 60.1 Å². The number of hydrogen-bond donors (Lipinski definition) is 1. The van der Waals surface area contributed by atoms with Crippen molar-refractivity contribution in [2.24, 2.45) is 0 Å². The lowest BCUT2D eigenvalue weighted by Crippen LogP contribution is -2.51. The van der Waals surface area contributed by atoms with E-state index in [1.807, 2.05) is 54.3 Å². The number of benzene rings is 1. The quantitative estimate of drug-likeness (QED) is 0.812. The van der Waals surface area contributed by atoms with E-state index < -0.39 is 0 Å². The Hall–Kier alpha value is -2.60. The lowest BCUT2D eigenvalue weighted by Gasteiger charge is -2.35. The number of likely N-dealkylation sites (N-methyl/N-ethyl adjacent to an activating group) is 1. The molecule has 0 spiro atoms. The first kappa shape index (κ1) is 19.2. The number of amides is 2. The highest BCUT2D eigenvalue weighted by atomic mass is 16.3. The zero-order chi connectivity index (χ0) is 19.1. The van der Waals surface area contributed by atoms with Crippen LogP contribution in [0, 0.1) is 0 Å². The monoisotopic (exact) mass is 369 g/mol. The highest BCUT2D eigenvalue weighted by molar-refractivity contribution is 5.79. The second kappa shape index (κ2) is 9.37. The van der Waals surface area contributed by atoms with Gasteiger partial charge in [0, 0.05) is 39.1 Å². The molecule has 1 aliphatic heterocycles. The van der Waals surface area contributed by atoms with E-state index in [1.54, 1.807) is 6.26 Å². The molecule has 0 bridgehead atoms. The highest BCUT2D eigenvalue weighted by Gasteiger charge is 2.26. The van der Waals surface area contributed by atoms with Gasteiger partial charge in [0.1, 0.15) is 5.76 Å². The topological polar surface area (TPSA) is 65.8 Å². The maximum absolute atomic E-state index is 12.9. The van der Waals surface area contributed by atoms with Crippen LogP contribution in [0.2, 0.25) is 0 Å². The highest BCUT2D eigenvalue weighted by Crippen LogP contribution is 2.29. The van der Waals surface area contributed by atoms with Crippen molar-refractivity contribution in [3.63, 3.8) is 0 Å². The van der Waals surface area contributed by atoms with Crippen LogP contribution in [-0.4, -0.2) is 60.9 Å². The third-order valence-corrected chi connectivity index (χ3v) is 4.93. The van der Waals surface area contributed by atoms with Gasteiger partial charge in [-0.2, -0.15) is 0 Å². The number of carbonyl (C=O) groups is 2. The first-order chi connectivity index (χ1) is 13.2. The number of nitrogens with one attached hydrogen (secondary N) is 1.